The van der Waals surface area contributed by atoms with Crippen molar-refractivity contribution in [1.82, 2.24) is 9.78 Å². The Hall–Kier alpha value is -1.29. The summed E-state index contributed by atoms with van der Waals surface area (Å²) < 4.78 is 7.02. The first-order chi connectivity index (χ1) is 6.20. The van der Waals surface area contributed by atoms with Crippen LogP contribution < -0.4 is 5.73 Å². The van der Waals surface area contributed by atoms with Gasteiger partial charge in [-0.1, -0.05) is 6.58 Å². The highest BCUT2D eigenvalue weighted by Crippen LogP contribution is 2.17. The van der Waals surface area contributed by atoms with Gasteiger partial charge in [0.05, 0.1) is 24.1 Å². The zero-order valence-electron chi connectivity index (χ0n) is 8.08. The van der Waals surface area contributed by atoms with E-state index in [0.29, 0.717) is 18.9 Å². The molecular weight excluding hydrogens is 166 g/mol. The van der Waals surface area contributed by atoms with Crippen molar-refractivity contribution in [3.63, 3.8) is 0 Å². The fourth-order valence-corrected chi connectivity index (χ4v) is 1.19. The van der Waals surface area contributed by atoms with Crippen molar-refractivity contribution < 1.29 is 4.74 Å². The van der Waals surface area contributed by atoms with Gasteiger partial charge in [-0.15, -0.1) is 0 Å². The maximum Gasteiger partial charge on any atom is 0.122 e. The fourth-order valence-electron chi connectivity index (χ4n) is 1.19. The molecule has 0 unspecified atom stereocenters. The Balaban J connectivity index is 2.93. The fraction of sp³-hybridized carbons (Fsp3) is 0.444. The van der Waals surface area contributed by atoms with Crippen LogP contribution in [-0.2, 0) is 18.3 Å². The smallest absolute Gasteiger partial charge is 0.122 e. The van der Waals surface area contributed by atoms with E-state index in [9.17, 15) is 0 Å². The van der Waals surface area contributed by atoms with E-state index in [2.05, 4.69) is 11.7 Å². The summed E-state index contributed by atoms with van der Waals surface area (Å²) in [5, 5.41) is 4.09. The molecular formula is C9H15N3O. The molecule has 0 fully saturated rings. The lowest BCUT2D eigenvalue weighted by molar-refractivity contribution is 0.299. The molecule has 0 radical (unpaired) electrons. The molecule has 13 heavy (non-hydrogen) atoms. The summed E-state index contributed by atoms with van der Waals surface area (Å²) in [4.78, 5) is 0. The average Bonchev–Trinajstić information content (AvgIpc) is 2.47. The van der Waals surface area contributed by atoms with E-state index in [1.807, 2.05) is 14.0 Å². The van der Waals surface area contributed by atoms with Gasteiger partial charge in [0, 0.05) is 13.6 Å². The molecule has 0 aliphatic rings. The Kier molecular flexibility index (Phi) is 3.08. The van der Waals surface area contributed by atoms with Gasteiger partial charge in [-0.05, 0) is 6.92 Å². The van der Waals surface area contributed by atoms with Gasteiger partial charge >= 0.3 is 0 Å². The van der Waals surface area contributed by atoms with Crippen molar-refractivity contribution in [2.75, 3.05) is 6.61 Å². The van der Waals surface area contributed by atoms with Crippen LogP contribution in [0.15, 0.2) is 12.8 Å². The second-order valence-corrected chi connectivity index (χ2v) is 2.69. The molecule has 1 heterocycles. The minimum absolute atomic E-state index is 0.442. The highest BCUT2D eigenvalue weighted by atomic mass is 16.5. The van der Waals surface area contributed by atoms with Gasteiger partial charge in [-0.2, -0.15) is 5.10 Å². The normalized spacial score (nSPS) is 10.1. The molecule has 1 rings (SSSR count). The summed E-state index contributed by atoms with van der Waals surface area (Å²) in [5.74, 6) is 0.635. The first kappa shape index (κ1) is 9.80. The van der Waals surface area contributed by atoms with E-state index in [-0.39, 0.29) is 0 Å². The second-order valence-electron chi connectivity index (χ2n) is 2.69. The highest BCUT2D eigenvalue weighted by molar-refractivity contribution is 5.58. The maximum absolute atomic E-state index is 5.57. The first-order valence-corrected chi connectivity index (χ1v) is 4.23. The van der Waals surface area contributed by atoms with Crippen LogP contribution in [0.4, 0.5) is 0 Å². The SMILES string of the molecule is C=C(OCC)c1cnn(C)c1CN. The molecule has 72 valence electrons. The molecule has 0 aromatic carbocycles. The van der Waals surface area contributed by atoms with Crippen molar-refractivity contribution in [2.24, 2.45) is 12.8 Å². The molecule has 0 bridgehead atoms. The van der Waals surface area contributed by atoms with Gasteiger partial charge in [0.25, 0.3) is 0 Å². The highest BCUT2D eigenvalue weighted by Gasteiger charge is 2.10. The number of hydrogen-bond acceptors (Lipinski definition) is 3. The van der Waals surface area contributed by atoms with Gasteiger partial charge < -0.3 is 10.5 Å². The van der Waals surface area contributed by atoms with Crippen LogP contribution >= 0.6 is 0 Å². The Bertz CT molecular complexity index is 304. The molecule has 2 N–H and O–H groups in total. The van der Waals surface area contributed by atoms with Crippen LogP contribution in [0, 0.1) is 0 Å². The monoisotopic (exact) mass is 181 g/mol. The number of aryl methyl sites for hydroxylation is 1. The topological polar surface area (TPSA) is 53.1 Å². The zero-order chi connectivity index (χ0) is 9.84. The predicted molar refractivity (Wildman–Crippen MR) is 51.8 cm³/mol. The number of rotatable bonds is 4. The summed E-state index contributed by atoms with van der Waals surface area (Å²) in [6.07, 6.45) is 1.72. The molecule has 1 aromatic heterocycles. The summed E-state index contributed by atoms with van der Waals surface area (Å²) in [7, 11) is 1.85. The van der Waals surface area contributed by atoms with Crippen molar-refractivity contribution in [2.45, 2.75) is 13.5 Å². The molecule has 0 amide bonds. The van der Waals surface area contributed by atoms with Crippen molar-refractivity contribution in [1.29, 1.82) is 0 Å². The van der Waals surface area contributed by atoms with E-state index in [1.54, 1.807) is 10.9 Å². The van der Waals surface area contributed by atoms with Gasteiger partial charge in [0.2, 0.25) is 0 Å². The Morgan fingerprint density at radius 3 is 3.00 bits per heavy atom. The average molecular weight is 181 g/mol. The van der Waals surface area contributed by atoms with Gasteiger partial charge in [0.15, 0.2) is 0 Å². The molecule has 0 spiro atoms. The van der Waals surface area contributed by atoms with Gasteiger partial charge in [0.1, 0.15) is 5.76 Å². The first-order valence-electron chi connectivity index (χ1n) is 4.23. The lowest BCUT2D eigenvalue weighted by Gasteiger charge is -2.06. The number of ether oxygens (including phenoxy) is 1. The van der Waals surface area contributed by atoms with Crippen LogP contribution in [0.5, 0.6) is 0 Å². The zero-order valence-corrected chi connectivity index (χ0v) is 8.08. The van der Waals surface area contributed by atoms with E-state index < -0.39 is 0 Å². The number of nitrogens with two attached hydrogens (primary N) is 1. The van der Waals surface area contributed by atoms with Gasteiger partial charge in [-0.3, -0.25) is 4.68 Å². The molecule has 0 saturated heterocycles. The molecule has 0 saturated carbocycles. The van der Waals surface area contributed by atoms with Gasteiger partial charge in [-0.25, -0.2) is 0 Å². The number of hydrogen-bond donors (Lipinski definition) is 1. The third-order valence-corrected chi connectivity index (χ3v) is 1.87. The summed E-state index contributed by atoms with van der Waals surface area (Å²) in [6.45, 7) is 6.78. The van der Waals surface area contributed by atoms with E-state index in [1.165, 1.54) is 0 Å². The summed E-state index contributed by atoms with van der Waals surface area (Å²) in [5.41, 5.74) is 7.41. The van der Waals surface area contributed by atoms with E-state index >= 15 is 0 Å². The van der Waals surface area contributed by atoms with E-state index in [0.717, 1.165) is 11.3 Å². The molecule has 0 aliphatic heterocycles. The van der Waals surface area contributed by atoms with Crippen LogP contribution in [0.25, 0.3) is 5.76 Å². The number of nitrogens with zero attached hydrogens (tertiary/aromatic N) is 2. The van der Waals surface area contributed by atoms with Crippen molar-refractivity contribution in [3.05, 3.63) is 24.0 Å². The third kappa shape index (κ3) is 1.89. The largest absolute Gasteiger partial charge is 0.494 e. The van der Waals surface area contributed by atoms with Crippen LogP contribution in [-0.4, -0.2) is 16.4 Å². The van der Waals surface area contributed by atoms with Crippen molar-refractivity contribution in [3.8, 4) is 0 Å². The Labute approximate surface area is 78.0 Å². The standard InChI is InChI=1S/C9H15N3O/c1-4-13-7(2)8-6-11-12(3)9(8)5-10/h6H,2,4-5,10H2,1,3H3. The quantitative estimate of drug-likeness (QED) is 0.702. The Morgan fingerprint density at radius 1 is 1.77 bits per heavy atom. The summed E-state index contributed by atoms with van der Waals surface area (Å²) in [6, 6.07) is 0. The second kappa shape index (κ2) is 4.09. The minimum Gasteiger partial charge on any atom is -0.494 e. The van der Waals surface area contributed by atoms with E-state index in [4.69, 9.17) is 10.5 Å². The molecule has 4 nitrogen and oxygen atoms in total. The lowest BCUT2D eigenvalue weighted by atomic mass is 10.2. The molecule has 1 aromatic rings. The lowest BCUT2D eigenvalue weighted by Crippen LogP contribution is -2.07. The minimum atomic E-state index is 0.442. The Morgan fingerprint density at radius 2 is 2.46 bits per heavy atom. The van der Waals surface area contributed by atoms with Crippen LogP contribution in [0.3, 0.4) is 0 Å². The maximum atomic E-state index is 5.57. The third-order valence-electron chi connectivity index (χ3n) is 1.87. The predicted octanol–water partition coefficient (Wildman–Crippen LogP) is 0.886. The van der Waals surface area contributed by atoms with Crippen LogP contribution in [0.1, 0.15) is 18.2 Å². The molecule has 0 aliphatic carbocycles. The summed E-state index contributed by atoms with van der Waals surface area (Å²) >= 11 is 0. The molecule has 0 atom stereocenters. The number of aromatic nitrogens is 2. The van der Waals surface area contributed by atoms with Crippen LogP contribution in [0.2, 0.25) is 0 Å². The molecule has 4 heteroatoms. The van der Waals surface area contributed by atoms with Crippen molar-refractivity contribution >= 4 is 5.76 Å².